The number of methoxy groups -OCH3 is 1. The van der Waals surface area contributed by atoms with E-state index in [-0.39, 0.29) is 6.04 Å². The van der Waals surface area contributed by atoms with Crippen LogP contribution in [0.3, 0.4) is 0 Å². The first kappa shape index (κ1) is 13.9. The van der Waals surface area contributed by atoms with Crippen LogP contribution in [0.2, 0.25) is 0 Å². The van der Waals surface area contributed by atoms with Crippen molar-refractivity contribution in [2.24, 2.45) is 0 Å². The molecule has 0 aliphatic rings. The molecule has 0 aliphatic heterocycles. The summed E-state index contributed by atoms with van der Waals surface area (Å²) in [5, 5.41) is 3.48. The fourth-order valence-electron chi connectivity index (χ4n) is 1.94. The lowest BCUT2D eigenvalue weighted by Gasteiger charge is -2.17. The van der Waals surface area contributed by atoms with Gasteiger partial charge in [-0.05, 0) is 47.5 Å². The van der Waals surface area contributed by atoms with Crippen molar-refractivity contribution < 1.29 is 4.74 Å². The van der Waals surface area contributed by atoms with Gasteiger partial charge in [0.2, 0.25) is 0 Å². The second-order valence-corrected chi connectivity index (χ2v) is 5.48. The Bertz CT molecular complexity index is 551. The van der Waals surface area contributed by atoms with Crippen LogP contribution in [0.4, 0.5) is 5.69 Å². The lowest BCUT2D eigenvalue weighted by molar-refractivity contribution is 0.412. The molecule has 0 aromatic heterocycles. The Hall–Kier alpha value is -1.48. The van der Waals surface area contributed by atoms with Crippen LogP contribution in [0.25, 0.3) is 0 Å². The summed E-state index contributed by atoms with van der Waals surface area (Å²) in [7, 11) is 1.67. The highest BCUT2D eigenvalue weighted by Gasteiger charge is 2.07. The minimum atomic E-state index is 0.256. The monoisotopic (exact) mass is 319 g/mol. The Morgan fingerprint density at radius 1 is 1.11 bits per heavy atom. The van der Waals surface area contributed by atoms with Crippen molar-refractivity contribution in [1.82, 2.24) is 0 Å². The molecule has 0 saturated heterocycles. The highest BCUT2D eigenvalue weighted by atomic mass is 79.9. The molecule has 0 heterocycles. The number of rotatable bonds is 4. The number of nitrogens with one attached hydrogen (secondary N) is 1. The highest BCUT2D eigenvalue weighted by Crippen LogP contribution is 2.29. The van der Waals surface area contributed by atoms with Crippen LogP contribution in [0.15, 0.2) is 46.9 Å². The fraction of sp³-hybridized carbons (Fsp3) is 0.250. The van der Waals surface area contributed by atoms with Gasteiger partial charge in [0.15, 0.2) is 0 Å². The smallest absolute Gasteiger partial charge is 0.135 e. The van der Waals surface area contributed by atoms with Gasteiger partial charge in [-0.2, -0.15) is 0 Å². The largest absolute Gasteiger partial charge is 0.495 e. The van der Waals surface area contributed by atoms with E-state index in [9.17, 15) is 0 Å². The maximum atomic E-state index is 5.30. The molecule has 1 N–H and O–H groups in total. The first-order chi connectivity index (χ1) is 9.10. The quantitative estimate of drug-likeness (QED) is 0.861. The van der Waals surface area contributed by atoms with Gasteiger partial charge in [0.25, 0.3) is 0 Å². The Kier molecular flexibility index (Phi) is 4.48. The normalized spacial score (nSPS) is 12.0. The number of hydrogen-bond donors (Lipinski definition) is 1. The molecule has 0 fully saturated rings. The van der Waals surface area contributed by atoms with Gasteiger partial charge in [-0.1, -0.05) is 29.8 Å². The van der Waals surface area contributed by atoms with Gasteiger partial charge in [0.05, 0.1) is 11.6 Å². The molecule has 19 heavy (non-hydrogen) atoms. The van der Waals surface area contributed by atoms with Crippen LogP contribution in [0, 0.1) is 6.92 Å². The predicted molar refractivity (Wildman–Crippen MR) is 83.9 cm³/mol. The van der Waals surface area contributed by atoms with Crippen LogP contribution >= 0.6 is 15.9 Å². The number of anilines is 1. The van der Waals surface area contributed by atoms with Crippen LogP contribution in [-0.4, -0.2) is 7.11 Å². The van der Waals surface area contributed by atoms with Crippen LogP contribution in [0.1, 0.15) is 24.1 Å². The zero-order valence-corrected chi connectivity index (χ0v) is 13.0. The molecule has 0 spiro atoms. The number of hydrogen-bond acceptors (Lipinski definition) is 2. The average molecular weight is 320 g/mol. The molecule has 0 saturated carbocycles. The Labute approximate surface area is 122 Å². The predicted octanol–water partition coefficient (Wildman–Crippen LogP) is 4.94. The van der Waals surface area contributed by atoms with E-state index in [1.807, 2.05) is 18.2 Å². The molecule has 0 bridgehead atoms. The topological polar surface area (TPSA) is 21.3 Å². The van der Waals surface area contributed by atoms with Crippen molar-refractivity contribution in [3.8, 4) is 5.75 Å². The Balaban J connectivity index is 2.14. The van der Waals surface area contributed by atoms with Gasteiger partial charge in [0.1, 0.15) is 5.75 Å². The van der Waals surface area contributed by atoms with E-state index in [0.29, 0.717) is 0 Å². The van der Waals surface area contributed by atoms with Crippen LogP contribution in [-0.2, 0) is 0 Å². The highest BCUT2D eigenvalue weighted by molar-refractivity contribution is 9.10. The molecule has 0 amide bonds. The lowest BCUT2D eigenvalue weighted by atomic mass is 10.1. The minimum absolute atomic E-state index is 0.256. The summed E-state index contributed by atoms with van der Waals surface area (Å²) in [5.74, 6) is 0.834. The van der Waals surface area contributed by atoms with E-state index in [1.54, 1.807) is 7.11 Å². The third-order valence-electron chi connectivity index (χ3n) is 3.11. The zero-order chi connectivity index (χ0) is 13.8. The van der Waals surface area contributed by atoms with E-state index in [0.717, 1.165) is 15.9 Å². The molecule has 2 nitrogen and oxygen atoms in total. The molecule has 1 atom stereocenters. The third-order valence-corrected chi connectivity index (χ3v) is 3.77. The number of ether oxygens (including phenoxy) is 1. The molecule has 0 radical (unpaired) electrons. The van der Waals surface area contributed by atoms with Gasteiger partial charge in [-0.3, -0.25) is 0 Å². The first-order valence-corrected chi connectivity index (χ1v) is 7.06. The SMILES string of the molecule is COc1cc(NC(C)c2ccc(C)cc2)ccc1Br. The third kappa shape index (κ3) is 3.51. The van der Waals surface area contributed by atoms with Gasteiger partial charge >= 0.3 is 0 Å². The van der Waals surface area contributed by atoms with Crippen LogP contribution in [0.5, 0.6) is 5.75 Å². The van der Waals surface area contributed by atoms with E-state index in [4.69, 9.17) is 4.74 Å². The van der Waals surface area contributed by atoms with Crippen molar-refractivity contribution in [3.63, 3.8) is 0 Å². The van der Waals surface area contributed by atoms with Gasteiger partial charge in [-0.15, -0.1) is 0 Å². The number of benzene rings is 2. The van der Waals surface area contributed by atoms with E-state index < -0.39 is 0 Å². The molecule has 2 rings (SSSR count). The molecule has 3 heteroatoms. The molecule has 100 valence electrons. The van der Waals surface area contributed by atoms with Gasteiger partial charge in [-0.25, -0.2) is 0 Å². The summed E-state index contributed by atoms with van der Waals surface area (Å²) < 4.78 is 6.26. The first-order valence-electron chi connectivity index (χ1n) is 6.27. The molecule has 2 aromatic carbocycles. The second kappa shape index (κ2) is 6.11. The van der Waals surface area contributed by atoms with Crippen molar-refractivity contribution in [2.45, 2.75) is 19.9 Å². The molecule has 1 unspecified atom stereocenters. The maximum Gasteiger partial charge on any atom is 0.135 e. The lowest BCUT2D eigenvalue weighted by Crippen LogP contribution is -2.06. The minimum Gasteiger partial charge on any atom is -0.495 e. The van der Waals surface area contributed by atoms with Crippen LogP contribution < -0.4 is 10.1 Å². The van der Waals surface area contributed by atoms with E-state index >= 15 is 0 Å². The summed E-state index contributed by atoms with van der Waals surface area (Å²) in [6.07, 6.45) is 0. The Morgan fingerprint density at radius 3 is 2.42 bits per heavy atom. The van der Waals surface area contributed by atoms with Crippen molar-refractivity contribution in [2.75, 3.05) is 12.4 Å². The van der Waals surface area contributed by atoms with Crippen molar-refractivity contribution in [3.05, 3.63) is 58.1 Å². The standard InChI is InChI=1S/C16H18BrNO/c1-11-4-6-13(7-5-11)12(2)18-14-8-9-15(17)16(10-14)19-3/h4-10,12,18H,1-3H3. The summed E-state index contributed by atoms with van der Waals surface area (Å²) in [6, 6.07) is 14.9. The molecule has 2 aromatic rings. The molecule has 0 aliphatic carbocycles. The maximum absolute atomic E-state index is 5.30. The van der Waals surface area contributed by atoms with E-state index in [2.05, 4.69) is 59.4 Å². The Morgan fingerprint density at radius 2 is 1.79 bits per heavy atom. The van der Waals surface area contributed by atoms with Crippen molar-refractivity contribution in [1.29, 1.82) is 0 Å². The molecular weight excluding hydrogens is 302 g/mol. The number of aryl methyl sites for hydroxylation is 1. The summed E-state index contributed by atoms with van der Waals surface area (Å²) in [6.45, 7) is 4.25. The fourth-order valence-corrected chi connectivity index (χ4v) is 2.35. The van der Waals surface area contributed by atoms with Gasteiger partial charge in [0, 0.05) is 17.8 Å². The summed E-state index contributed by atoms with van der Waals surface area (Å²) in [5.41, 5.74) is 3.60. The average Bonchev–Trinajstić information content (AvgIpc) is 2.41. The van der Waals surface area contributed by atoms with Crippen molar-refractivity contribution >= 4 is 21.6 Å². The van der Waals surface area contributed by atoms with Gasteiger partial charge < -0.3 is 10.1 Å². The summed E-state index contributed by atoms with van der Waals surface area (Å²) >= 11 is 3.46. The summed E-state index contributed by atoms with van der Waals surface area (Å²) in [4.78, 5) is 0. The van der Waals surface area contributed by atoms with E-state index in [1.165, 1.54) is 11.1 Å². The zero-order valence-electron chi connectivity index (χ0n) is 11.4. The molecular formula is C16H18BrNO. The number of halogens is 1. The second-order valence-electron chi connectivity index (χ2n) is 4.63.